The molecule has 0 aliphatic rings. The number of nitrogen functional groups attached to an aromatic ring is 1. The molecule has 0 radical (unpaired) electrons. The second kappa shape index (κ2) is 5.70. The lowest BCUT2D eigenvalue weighted by Crippen LogP contribution is -2.09. The quantitative estimate of drug-likeness (QED) is 0.912. The number of anilines is 1. The van der Waals surface area contributed by atoms with Gasteiger partial charge >= 0.3 is 6.18 Å². The van der Waals surface area contributed by atoms with E-state index in [1.165, 1.54) is 0 Å². The topological polar surface area (TPSA) is 48.1 Å². The van der Waals surface area contributed by atoms with Crippen molar-refractivity contribution >= 4 is 21.6 Å². The summed E-state index contributed by atoms with van der Waals surface area (Å²) >= 11 is 3.29. The Hall–Kier alpha value is -1.76. The van der Waals surface area contributed by atoms with Gasteiger partial charge in [0.1, 0.15) is 18.1 Å². The highest BCUT2D eigenvalue weighted by Crippen LogP contribution is 2.32. The van der Waals surface area contributed by atoms with E-state index >= 15 is 0 Å². The summed E-state index contributed by atoms with van der Waals surface area (Å²) < 4.78 is 43.9. The lowest BCUT2D eigenvalue weighted by molar-refractivity contribution is -0.141. The molecule has 20 heavy (non-hydrogen) atoms. The van der Waals surface area contributed by atoms with Crippen LogP contribution in [0.1, 0.15) is 11.3 Å². The van der Waals surface area contributed by atoms with Gasteiger partial charge in [0.2, 0.25) is 0 Å². The van der Waals surface area contributed by atoms with Gasteiger partial charge in [-0.1, -0.05) is 28.1 Å². The summed E-state index contributed by atoms with van der Waals surface area (Å²) in [5.41, 5.74) is 5.41. The standard InChI is InChI=1S/C13H10BrF3N2O/c14-9-3-1-8(2-4-9)7-20-11-5-12(13(15,16)17)19-6-10(11)18/h1-6H,7,18H2. The summed E-state index contributed by atoms with van der Waals surface area (Å²) in [5.74, 6) is -0.0322. The third-order valence-electron chi connectivity index (χ3n) is 2.49. The molecule has 0 saturated heterocycles. The SMILES string of the molecule is Nc1cnc(C(F)(F)F)cc1OCc1ccc(Br)cc1. The molecular weight excluding hydrogens is 337 g/mol. The zero-order chi connectivity index (χ0) is 14.8. The third kappa shape index (κ3) is 3.63. The minimum Gasteiger partial charge on any atom is -0.487 e. The highest BCUT2D eigenvalue weighted by Gasteiger charge is 2.33. The van der Waals surface area contributed by atoms with Crippen LogP contribution in [0.5, 0.6) is 5.75 Å². The molecule has 1 aromatic heterocycles. The third-order valence-corrected chi connectivity index (χ3v) is 3.02. The van der Waals surface area contributed by atoms with Crippen molar-refractivity contribution in [3.63, 3.8) is 0 Å². The van der Waals surface area contributed by atoms with E-state index in [0.717, 1.165) is 22.3 Å². The van der Waals surface area contributed by atoms with Crippen LogP contribution in [-0.4, -0.2) is 4.98 Å². The molecule has 0 aliphatic carbocycles. The molecule has 1 heterocycles. The lowest BCUT2D eigenvalue weighted by atomic mass is 10.2. The molecule has 0 unspecified atom stereocenters. The average Bonchev–Trinajstić information content (AvgIpc) is 2.38. The van der Waals surface area contributed by atoms with E-state index < -0.39 is 11.9 Å². The van der Waals surface area contributed by atoms with E-state index in [2.05, 4.69) is 20.9 Å². The first-order chi connectivity index (χ1) is 9.36. The van der Waals surface area contributed by atoms with Gasteiger partial charge in [0.15, 0.2) is 0 Å². The van der Waals surface area contributed by atoms with Gasteiger partial charge in [0.25, 0.3) is 0 Å². The monoisotopic (exact) mass is 346 g/mol. The van der Waals surface area contributed by atoms with Crippen molar-refractivity contribution in [2.45, 2.75) is 12.8 Å². The molecule has 1 aromatic carbocycles. The summed E-state index contributed by atoms with van der Waals surface area (Å²) in [4.78, 5) is 3.24. The maximum Gasteiger partial charge on any atom is 0.433 e. The van der Waals surface area contributed by atoms with Crippen molar-refractivity contribution in [2.24, 2.45) is 0 Å². The van der Waals surface area contributed by atoms with E-state index in [1.54, 1.807) is 12.1 Å². The summed E-state index contributed by atoms with van der Waals surface area (Å²) in [6, 6.07) is 8.03. The van der Waals surface area contributed by atoms with Gasteiger partial charge in [-0.2, -0.15) is 13.2 Å². The summed E-state index contributed by atoms with van der Waals surface area (Å²) in [6.07, 6.45) is -3.58. The molecule has 0 spiro atoms. The summed E-state index contributed by atoms with van der Waals surface area (Å²) in [7, 11) is 0. The number of benzene rings is 1. The first-order valence-electron chi connectivity index (χ1n) is 5.56. The molecule has 2 N–H and O–H groups in total. The maximum absolute atomic E-state index is 12.5. The molecule has 2 rings (SSSR count). The normalized spacial score (nSPS) is 11.4. The van der Waals surface area contributed by atoms with E-state index in [1.807, 2.05) is 12.1 Å². The van der Waals surface area contributed by atoms with E-state index in [4.69, 9.17) is 10.5 Å². The average molecular weight is 347 g/mol. The summed E-state index contributed by atoms with van der Waals surface area (Å²) in [5, 5.41) is 0. The number of ether oxygens (including phenoxy) is 1. The van der Waals surface area contributed by atoms with Crippen LogP contribution in [0.15, 0.2) is 41.0 Å². The number of nitrogens with two attached hydrogens (primary N) is 1. The molecular formula is C13H10BrF3N2O. The van der Waals surface area contributed by atoms with Crippen molar-refractivity contribution in [3.05, 3.63) is 52.3 Å². The Morgan fingerprint density at radius 1 is 1.20 bits per heavy atom. The molecule has 0 saturated carbocycles. The summed E-state index contributed by atoms with van der Waals surface area (Å²) in [6.45, 7) is 0.124. The predicted molar refractivity (Wildman–Crippen MR) is 72.1 cm³/mol. The van der Waals surface area contributed by atoms with Crippen LogP contribution < -0.4 is 10.5 Å². The molecule has 2 aromatic rings. The second-order valence-corrected chi connectivity index (χ2v) is 4.94. The highest BCUT2D eigenvalue weighted by atomic mass is 79.9. The molecule has 3 nitrogen and oxygen atoms in total. The van der Waals surface area contributed by atoms with Crippen LogP contribution in [0.4, 0.5) is 18.9 Å². The maximum atomic E-state index is 12.5. The number of hydrogen-bond acceptors (Lipinski definition) is 3. The lowest BCUT2D eigenvalue weighted by Gasteiger charge is -2.11. The van der Waals surface area contributed by atoms with Crippen LogP contribution in [0.3, 0.4) is 0 Å². The van der Waals surface area contributed by atoms with E-state index in [9.17, 15) is 13.2 Å². The van der Waals surface area contributed by atoms with Gasteiger partial charge in [0.05, 0.1) is 11.9 Å². The van der Waals surface area contributed by atoms with Gasteiger partial charge in [0, 0.05) is 10.5 Å². The highest BCUT2D eigenvalue weighted by molar-refractivity contribution is 9.10. The minimum atomic E-state index is -4.52. The van der Waals surface area contributed by atoms with Crippen molar-refractivity contribution in [3.8, 4) is 5.75 Å². The molecule has 0 amide bonds. The second-order valence-electron chi connectivity index (χ2n) is 4.02. The van der Waals surface area contributed by atoms with Crippen LogP contribution in [-0.2, 0) is 12.8 Å². The van der Waals surface area contributed by atoms with E-state index in [0.29, 0.717) is 0 Å². The van der Waals surface area contributed by atoms with Gasteiger partial charge in [-0.05, 0) is 17.7 Å². The molecule has 0 bridgehead atoms. The van der Waals surface area contributed by atoms with Gasteiger partial charge in [-0.25, -0.2) is 4.98 Å². The molecule has 0 fully saturated rings. The first kappa shape index (κ1) is 14.6. The number of aromatic nitrogens is 1. The van der Waals surface area contributed by atoms with Crippen molar-refractivity contribution in [1.82, 2.24) is 4.98 Å². The van der Waals surface area contributed by atoms with Crippen molar-refractivity contribution in [1.29, 1.82) is 0 Å². The Bertz CT molecular complexity index is 600. The Morgan fingerprint density at radius 2 is 1.85 bits per heavy atom. The number of rotatable bonds is 3. The van der Waals surface area contributed by atoms with Gasteiger partial charge in [-0.15, -0.1) is 0 Å². The molecule has 0 atom stereocenters. The zero-order valence-electron chi connectivity index (χ0n) is 10.1. The Labute approximate surface area is 121 Å². The van der Waals surface area contributed by atoms with Gasteiger partial charge in [-0.3, -0.25) is 0 Å². The van der Waals surface area contributed by atoms with Crippen molar-refractivity contribution in [2.75, 3.05) is 5.73 Å². The predicted octanol–water partition coefficient (Wildman–Crippen LogP) is 4.02. The smallest absolute Gasteiger partial charge is 0.433 e. The number of halogens is 4. The molecule has 7 heteroatoms. The van der Waals surface area contributed by atoms with Gasteiger partial charge < -0.3 is 10.5 Å². The van der Waals surface area contributed by atoms with Crippen LogP contribution in [0, 0.1) is 0 Å². The van der Waals surface area contributed by atoms with Crippen molar-refractivity contribution < 1.29 is 17.9 Å². The van der Waals surface area contributed by atoms with Crippen LogP contribution in [0.25, 0.3) is 0 Å². The fraction of sp³-hybridized carbons (Fsp3) is 0.154. The Kier molecular flexibility index (Phi) is 4.17. The number of pyridine rings is 1. The number of nitrogens with zero attached hydrogens (tertiary/aromatic N) is 1. The van der Waals surface area contributed by atoms with Crippen LogP contribution >= 0.6 is 15.9 Å². The molecule has 0 aliphatic heterocycles. The zero-order valence-corrected chi connectivity index (χ0v) is 11.7. The van der Waals surface area contributed by atoms with Crippen LogP contribution in [0.2, 0.25) is 0 Å². The fourth-order valence-electron chi connectivity index (χ4n) is 1.47. The Balaban J connectivity index is 2.14. The Morgan fingerprint density at radius 3 is 2.45 bits per heavy atom. The number of hydrogen-bond donors (Lipinski definition) is 1. The largest absolute Gasteiger partial charge is 0.487 e. The van der Waals surface area contributed by atoms with E-state index in [-0.39, 0.29) is 18.0 Å². The number of alkyl halides is 3. The first-order valence-corrected chi connectivity index (χ1v) is 6.35. The minimum absolute atomic E-state index is 0.0322. The fourth-order valence-corrected chi connectivity index (χ4v) is 1.73. The molecule has 106 valence electrons.